The Morgan fingerprint density at radius 3 is 2.57 bits per heavy atom. The third-order valence-electron chi connectivity index (χ3n) is 3.58. The van der Waals surface area contributed by atoms with Crippen LogP contribution in [0.3, 0.4) is 0 Å². The van der Waals surface area contributed by atoms with Gasteiger partial charge in [0.1, 0.15) is 5.75 Å². The third-order valence-corrected chi connectivity index (χ3v) is 4.94. The van der Waals surface area contributed by atoms with Gasteiger partial charge in [-0.15, -0.1) is 24.0 Å². The number of thiol groups is 1. The largest absolute Gasteiger partial charge is 0.494 e. The summed E-state index contributed by atoms with van der Waals surface area (Å²) in [5.74, 6) is 0.929. The van der Waals surface area contributed by atoms with E-state index in [4.69, 9.17) is 4.74 Å². The normalized spacial score (nSPS) is 10.7. The first-order chi connectivity index (χ1) is 11.3. The highest BCUT2D eigenvalue weighted by molar-refractivity contribution is 7.83. The average Bonchev–Trinajstić information content (AvgIpc) is 3.03. The van der Waals surface area contributed by atoms with Gasteiger partial charge < -0.3 is 4.74 Å². The van der Waals surface area contributed by atoms with E-state index < -0.39 is 0 Å². The number of pyridine rings is 1. The lowest BCUT2D eigenvalue weighted by Gasteiger charge is -2.07. The van der Waals surface area contributed by atoms with Gasteiger partial charge in [-0.3, -0.25) is 4.98 Å². The van der Waals surface area contributed by atoms with Crippen molar-refractivity contribution in [2.24, 2.45) is 0 Å². The Balaban J connectivity index is 1.42. The molecule has 2 heterocycles. The monoisotopic (exact) mass is 341 g/mol. The summed E-state index contributed by atoms with van der Waals surface area (Å²) in [6.45, 7) is 0.749. The van der Waals surface area contributed by atoms with E-state index >= 15 is 0 Å². The molecule has 2 aromatic heterocycles. The fourth-order valence-corrected chi connectivity index (χ4v) is 3.49. The van der Waals surface area contributed by atoms with Gasteiger partial charge in [-0.05, 0) is 72.9 Å². The van der Waals surface area contributed by atoms with E-state index in [0.717, 1.165) is 35.8 Å². The van der Waals surface area contributed by atoms with Crippen molar-refractivity contribution in [1.82, 2.24) is 4.98 Å². The SMILES string of the molecule is Sc1ccc(-c2ccc(OCCCCc3cccnc3)cc2)s1. The molecule has 0 amide bonds. The molecule has 0 aliphatic heterocycles. The molecule has 4 heteroatoms. The van der Waals surface area contributed by atoms with Crippen LogP contribution < -0.4 is 4.74 Å². The van der Waals surface area contributed by atoms with Crippen LogP contribution in [0, 0.1) is 0 Å². The van der Waals surface area contributed by atoms with Crippen molar-refractivity contribution >= 4 is 24.0 Å². The topological polar surface area (TPSA) is 22.1 Å². The summed E-state index contributed by atoms with van der Waals surface area (Å²) < 4.78 is 6.85. The summed E-state index contributed by atoms with van der Waals surface area (Å²) in [5, 5.41) is 0. The number of ether oxygens (including phenoxy) is 1. The van der Waals surface area contributed by atoms with Crippen LogP contribution in [0.2, 0.25) is 0 Å². The lowest BCUT2D eigenvalue weighted by molar-refractivity contribution is 0.307. The molecule has 1 aromatic carbocycles. The molecule has 0 saturated carbocycles. The number of hydrogen-bond acceptors (Lipinski definition) is 4. The molecule has 0 saturated heterocycles. The fraction of sp³-hybridized carbons (Fsp3) is 0.211. The summed E-state index contributed by atoms with van der Waals surface area (Å²) in [6, 6.07) is 16.5. The van der Waals surface area contributed by atoms with Gasteiger partial charge in [0.15, 0.2) is 0 Å². The number of benzene rings is 1. The van der Waals surface area contributed by atoms with E-state index in [1.165, 1.54) is 16.0 Å². The lowest BCUT2D eigenvalue weighted by atomic mass is 10.1. The maximum absolute atomic E-state index is 5.81. The molecule has 0 spiro atoms. The van der Waals surface area contributed by atoms with E-state index in [0.29, 0.717) is 0 Å². The Labute approximate surface area is 146 Å². The molecule has 23 heavy (non-hydrogen) atoms. The predicted molar refractivity (Wildman–Crippen MR) is 99.7 cm³/mol. The van der Waals surface area contributed by atoms with E-state index in [1.807, 2.05) is 36.7 Å². The minimum atomic E-state index is 0.749. The van der Waals surface area contributed by atoms with Crippen molar-refractivity contribution in [2.75, 3.05) is 6.61 Å². The first-order valence-electron chi connectivity index (χ1n) is 7.72. The van der Waals surface area contributed by atoms with Gasteiger partial charge in [-0.1, -0.05) is 6.07 Å². The zero-order valence-electron chi connectivity index (χ0n) is 12.8. The van der Waals surface area contributed by atoms with E-state index in [1.54, 1.807) is 11.3 Å². The number of nitrogens with zero attached hydrogens (tertiary/aromatic N) is 1. The first kappa shape index (κ1) is 16.1. The van der Waals surface area contributed by atoms with Crippen LogP contribution in [0.1, 0.15) is 18.4 Å². The summed E-state index contributed by atoms with van der Waals surface area (Å²) in [6.07, 6.45) is 6.96. The van der Waals surface area contributed by atoms with Gasteiger partial charge in [0, 0.05) is 17.3 Å². The number of rotatable bonds is 7. The summed E-state index contributed by atoms with van der Waals surface area (Å²) in [4.78, 5) is 5.36. The van der Waals surface area contributed by atoms with Crippen molar-refractivity contribution in [2.45, 2.75) is 23.5 Å². The Hall–Kier alpha value is -1.78. The van der Waals surface area contributed by atoms with Gasteiger partial charge in [0.2, 0.25) is 0 Å². The lowest BCUT2D eigenvalue weighted by Crippen LogP contribution is -1.98. The molecule has 0 atom stereocenters. The van der Waals surface area contributed by atoms with Gasteiger partial charge in [-0.25, -0.2) is 0 Å². The van der Waals surface area contributed by atoms with E-state index in [9.17, 15) is 0 Å². The summed E-state index contributed by atoms with van der Waals surface area (Å²) in [5.41, 5.74) is 2.50. The zero-order valence-corrected chi connectivity index (χ0v) is 14.5. The molecule has 2 nitrogen and oxygen atoms in total. The zero-order chi connectivity index (χ0) is 15.9. The quantitative estimate of drug-likeness (QED) is 0.453. The Morgan fingerprint density at radius 2 is 1.87 bits per heavy atom. The van der Waals surface area contributed by atoms with Crippen molar-refractivity contribution in [3.05, 3.63) is 66.5 Å². The molecule has 0 bridgehead atoms. The summed E-state index contributed by atoms with van der Waals surface area (Å²) >= 11 is 6.05. The predicted octanol–water partition coefficient (Wildman–Crippen LogP) is 5.50. The molecule has 3 rings (SSSR count). The van der Waals surface area contributed by atoms with Crippen LogP contribution in [0.15, 0.2) is 65.1 Å². The van der Waals surface area contributed by atoms with Crippen LogP contribution in [0.4, 0.5) is 0 Å². The standard InChI is InChI=1S/C19H19NOS2/c22-19-11-10-18(23-19)16-6-8-17(9-7-16)21-13-2-1-4-15-5-3-12-20-14-15/h3,5-12,14,22H,1-2,4,13H2. The number of hydrogen-bond donors (Lipinski definition) is 1. The molecule has 0 radical (unpaired) electrons. The van der Waals surface area contributed by atoms with E-state index in [2.05, 4.69) is 41.9 Å². The van der Waals surface area contributed by atoms with Gasteiger partial charge >= 0.3 is 0 Å². The van der Waals surface area contributed by atoms with Crippen LogP contribution >= 0.6 is 24.0 Å². The number of aryl methyl sites for hydroxylation is 1. The molecule has 0 aliphatic carbocycles. The highest BCUT2D eigenvalue weighted by Crippen LogP contribution is 2.30. The molecular weight excluding hydrogens is 322 g/mol. The summed E-state index contributed by atoms with van der Waals surface area (Å²) in [7, 11) is 0. The van der Waals surface area contributed by atoms with Crippen molar-refractivity contribution in [3.8, 4) is 16.2 Å². The fourth-order valence-electron chi connectivity index (χ4n) is 2.37. The van der Waals surface area contributed by atoms with E-state index in [-0.39, 0.29) is 0 Å². The smallest absolute Gasteiger partial charge is 0.119 e. The highest BCUT2D eigenvalue weighted by atomic mass is 32.2. The maximum atomic E-state index is 5.81. The molecular formula is C19H19NOS2. The Bertz CT molecular complexity index is 723. The second kappa shape index (κ2) is 8.18. The van der Waals surface area contributed by atoms with Gasteiger partial charge in [-0.2, -0.15) is 0 Å². The molecule has 118 valence electrons. The molecule has 0 aliphatic rings. The first-order valence-corrected chi connectivity index (χ1v) is 8.98. The number of unbranched alkanes of at least 4 members (excludes halogenated alkanes) is 1. The molecule has 0 N–H and O–H groups in total. The van der Waals surface area contributed by atoms with Crippen molar-refractivity contribution < 1.29 is 4.74 Å². The number of thiophene rings is 1. The van der Waals surface area contributed by atoms with Crippen LogP contribution in [0.25, 0.3) is 10.4 Å². The Morgan fingerprint density at radius 1 is 1.00 bits per heavy atom. The van der Waals surface area contributed by atoms with Crippen LogP contribution in [-0.4, -0.2) is 11.6 Å². The molecule has 3 aromatic rings. The van der Waals surface area contributed by atoms with Crippen molar-refractivity contribution in [1.29, 1.82) is 0 Å². The minimum absolute atomic E-state index is 0.749. The second-order valence-corrected chi connectivity index (χ2v) is 7.20. The highest BCUT2D eigenvalue weighted by Gasteiger charge is 2.02. The maximum Gasteiger partial charge on any atom is 0.119 e. The van der Waals surface area contributed by atoms with Crippen LogP contribution in [-0.2, 0) is 6.42 Å². The second-order valence-electron chi connectivity index (χ2n) is 5.33. The van der Waals surface area contributed by atoms with Crippen LogP contribution in [0.5, 0.6) is 5.75 Å². The van der Waals surface area contributed by atoms with Crippen molar-refractivity contribution in [3.63, 3.8) is 0 Å². The number of aromatic nitrogens is 1. The minimum Gasteiger partial charge on any atom is -0.494 e. The Kier molecular flexibility index (Phi) is 5.72. The van der Waals surface area contributed by atoms with Gasteiger partial charge in [0.25, 0.3) is 0 Å². The molecule has 0 unspecified atom stereocenters. The van der Waals surface area contributed by atoms with Gasteiger partial charge in [0.05, 0.1) is 10.8 Å². The third kappa shape index (κ3) is 4.85. The average molecular weight is 342 g/mol. The molecule has 0 fully saturated rings.